The number of carbonyl (C=O) groups is 1. The molecule has 1 aromatic carbocycles. The largest absolute Gasteiger partial charge is 0.504 e. The van der Waals surface area contributed by atoms with Gasteiger partial charge < -0.3 is 9.84 Å². The molecule has 0 fully saturated rings. The van der Waals surface area contributed by atoms with Gasteiger partial charge in [0.15, 0.2) is 17.8 Å². The van der Waals surface area contributed by atoms with Crippen molar-refractivity contribution in [2.45, 2.75) is 0 Å². The number of fused-ring (bicyclic) bond motifs is 1. The highest BCUT2D eigenvalue weighted by Crippen LogP contribution is 2.53. The first-order chi connectivity index (χ1) is 4.83. The molecule has 3 nitrogen and oxygen atoms in total. The van der Waals surface area contributed by atoms with E-state index in [0.717, 1.165) is 0 Å². The molecule has 0 aromatic heterocycles. The third-order valence-electron chi connectivity index (χ3n) is 1.41. The van der Waals surface area contributed by atoms with E-state index in [1.54, 1.807) is 0 Å². The molecule has 1 heterocycles. The highest BCUT2D eigenvalue weighted by Gasteiger charge is 2.28. The fourth-order valence-electron chi connectivity index (χ4n) is 0.848. The maximum Gasteiger partial charge on any atom is 0.212 e. The number of hydrogen-bond acceptors (Lipinski definition) is 3. The van der Waals surface area contributed by atoms with E-state index in [1.807, 2.05) is 0 Å². The zero-order valence-corrected chi connectivity index (χ0v) is 5.00. The predicted octanol–water partition coefficient (Wildman–Crippen LogP) is 1.31. The summed E-state index contributed by atoms with van der Waals surface area (Å²) in [5.74, 6) is 1.04. The van der Waals surface area contributed by atoms with Crippen LogP contribution in [0.4, 0.5) is 0 Å². The summed E-state index contributed by atoms with van der Waals surface area (Å²) in [6.45, 7) is 0. The molecule has 0 unspecified atom stereocenters. The van der Waals surface area contributed by atoms with Crippen LogP contribution >= 0.6 is 0 Å². The third kappa shape index (κ3) is 0.515. The SMILES string of the molecule is O=Cc1ccc(O)c2c1O2. The normalized spacial score (nSPS) is 11.6. The average molecular weight is 136 g/mol. The first kappa shape index (κ1) is 5.29. The van der Waals surface area contributed by atoms with E-state index in [1.165, 1.54) is 12.1 Å². The molecule has 1 aliphatic heterocycles. The molecule has 1 N–H and O–H groups in total. The van der Waals surface area contributed by atoms with Crippen LogP contribution in [0.25, 0.3) is 0 Å². The van der Waals surface area contributed by atoms with E-state index in [-0.39, 0.29) is 5.75 Å². The maximum absolute atomic E-state index is 10.2. The van der Waals surface area contributed by atoms with Gasteiger partial charge in [0.05, 0.1) is 5.56 Å². The fourth-order valence-corrected chi connectivity index (χ4v) is 0.848. The summed E-state index contributed by atoms with van der Waals surface area (Å²) in [7, 11) is 0. The first-order valence-electron chi connectivity index (χ1n) is 2.82. The van der Waals surface area contributed by atoms with Crippen LogP contribution in [0.5, 0.6) is 17.2 Å². The van der Waals surface area contributed by atoms with Gasteiger partial charge >= 0.3 is 0 Å². The van der Waals surface area contributed by atoms with E-state index >= 15 is 0 Å². The minimum absolute atomic E-state index is 0.0978. The van der Waals surface area contributed by atoms with Crippen LogP contribution in [0.15, 0.2) is 12.1 Å². The number of phenolic OH excluding ortho intramolecular Hbond substituents is 1. The summed E-state index contributed by atoms with van der Waals surface area (Å²) >= 11 is 0. The summed E-state index contributed by atoms with van der Waals surface area (Å²) in [4.78, 5) is 10.2. The molecular weight excluding hydrogens is 132 g/mol. The number of phenols is 1. The number of rotatable bonds is 1. The van der Waals surface area contributed by atoms with Gasteiger partial charge in [0.25, 0.3) is 0 Å². The molecule has 2 rings (SSSR count). The number of aromatic hydroxyl groups is 1. The quantitative estimate of drug-likeness (QED) is 0.475. The molecule has 10 heavy (non-hydrogen) atoms. The van der Waals surface area contributed by atoms with E-state index in [2.05, 4.69) is 0 Å². The molecular formula is C7H4O3. The molecule has 1 aromatic rings. The second-order valence-corrected chi connectivity index (χ2v) is 2.05. The minimum Gasteiger partial charge on any atom is -0.504 e. The van der Waals surface area contributed by atoms with Crippen LogP contribution in [0, 0.1) is 0 Å². The van der Waals surface area contributed by atoms with E-state index in [0.29, 0.717) is 23.3 Å². The summed E-state index contributed by atoms with van der Waals surface area (Å²) in [5.41, 5.74) is 0.493. The molecule has 0 amide bonds. The van der Waals surface area contributed by atoms with E-state index in [4.69, 9.17) is 9.84 Å². The van der Waals surface area contributed by atoms with Crippen LogP contribution in [-0.2, 0) is 0 Å². The molecule has 0 radical (unpaired) electrons. The van der Waals surface area contributed by atoms with Crippen molar-refractivity contribution in [3.63, 3.8) is 0 Å². The van der Waals surface area contributed by atoms with Crippen molar-refractivity contribution in [3.05, 3.63) is 17.7 Å². The molecule has 0 saturated heterocycles. The summed E-state index contributed by atoms with van der Waals surface area (Å²) in [6, 6.07) is 2.96. The summed E-state index contributed by atoms with van der Waals surface area (Å²) in [6.07, 6.45) is 0.700. The van der Waals surface area contributed by atoms with Gasteiger partial charge in [0.1, 0.15) is 0 Å². The monoisotopic (exact) mass is 136 g/mol. The number of hydrogen-bond donors (Lipinski definition) is 1. The number of ether oxygens (including phenoxy) is 1. The van der Waals surface area contributed by atoms with Crippen molar-refractivity contribution in [2.24, 2.45) is 0 Å². The highest BCUT2D eigenvalue weighted by atomic mass is 16.6. The molecule has 3 heteroatoms. The van der Waals surface area contributed by atoms with Crippen molar-refractivity contribution in [1.29, 1.82) is 0 Å². The lowest BCUT2D eigenvalue weighted by molar-refractivity contribution is 0.112. The van der Waals surface area contributed by atoms with Crippen LogP contribution in [0.2, 0.25) is 0 Å². The zero-order chi connectivity index (χ0) is 7.14. The number of aldehydes is 1. The van der Waals surface area contributed by atoms with Gasteiger partial charge in [0.2, 0.25) is 5.75 Å². The second-order valence-electron chi connectivity index (χ2n) is 2.05. The van der Waals surface area contributed by atoms with Crippen LogP contribution in [0.1, 0.15) is 10.4 Å². The molecule has 0 saturated carbocycles. The molecule has 50 valence electrons. The van der Waals surface area contributed by atoms with Gasteiger partial charge in [-0.1, -0.05) is 0 Å². The lowest BCUT2D eigenvalue weighted by atomic mass is 10.2. The van der Waals surface area contributed by atoms with E-state index < -0.39 is 0 Å². The van der Waals surface area contributed by atoms with Gasteiger partial charge in [-0.05, 0) is 12.1 Å². The fraction of sp³-hybridized carbons (Fsp3) is 0. The lowest BCUT2D eigenvalue weighted by Crippen LogP contribution is -1.70. The lowest BCUT2D eigenvalue weighted by Gasteiger charge is -1.82. The van der Waals surface area contributed by atoms with Gasteiger partial charge in [-0.25, -0.2) is 0 Å². The maximum atomic E-state index is 10.2. The van der Waals surface area contributed by atoms with Gasteiger partial charge in [0, 0.05) is 0 Å². The van der Waals surface area contributed by atoms with E-state index in [9.17, 15) is 4.79 Å². The smallest absolute Gasteiger partial charge is 0.212 e. The van der Waals surface area contributed by atoms with Crippen LogP contribution in [0.3, 0.4) is 0 Å². The van der Waals surface area contributed by atoms with Crippen molar-refractivity contribution >= 4 is 6.29 Å². The van der Waals surface area contributed by atoms with Gasteiger partial charge in [-0.15, -0.1) is 0 Å². The third-order valence-corrected chi connectivity index (χ3v) is 1.41. The number of benzene rings is 1. The molecule has 0 aliphatic carbocycles. The van der Waals surface area contributed by atoms with Crippen LogP contribution in [-0.4, -0.2) is 11.4 Å². The molecule has 1 aliphatic rings. The predicted molar refractivity (Wildman–Crippen MR) is 33.6 cm³/mol. The van der Waals surface area contributed by atoms with Crippen molar-refractivity contribution in [1.82, 2.24) is 0 Å². The van der Waals surface area contributed by atoms with Gasteiger partial charge in [-0.3, -0.25) is 4.79 Å². The standard InChI is InChI=1S/C7H4O3/c8-3-4-1-2-5(9)7-6(4)10-7/h1-3,9H. The Morgan fingerprint density at radius 1 is 1.40 bits per heavy atom. The molecule has 0 spiro atoms. The Balaban J connectivity index is 2.62. The Morgan fingerprint density at radius 3 is 2.90 bits per heavy atom. The average Bonchev–Trinajstić information content (AvgIpc) is 2.68. The Morgan fingerprint density at radius 2 is 2.20 bits per heavy atom. The highest BCUT2D eigenvalue weighted by molar-refractivity contribution is 5.86. The first-order valence-corrected chi connectivity index (χ1v) is 2.82. The molecule has 0 bridgehead atoms. The topological polar surface area (TPSA) is 49.8 Å². The Bertz CT molecular complexity index is 304. The van der Waals surface area contributed by atoms with Crippen molar-refractivity contribution in [3.8, 4) is 17.2 Å². The van der Waals surface area contributed by atoms with Gasteiger partial charge in [-0.2, -0.15) is 0 Å². The Labute approximate surface area is 56.9 Å². The summed E-state index contributed by atoms with van der Waals surface area (Å²) in [5, 5.41) is 8.95. The molecule has 0 atom stereocenters. The zero-order valence-electron chi connectivity index (χ0n) is 5.00. The second kappa shape index (κ2) is 1.50. The van der Waals surface area contributed by atoms with Crippen molar-refractivity contribution in [2.75, 3.05) is 0 Å². The minimum atomic E-state index is 0.0978. The summed E-state index contributed by atoms with van der Waals surface area (Å²) < 4.78 is 4.81. The Kier molecular flexibility index (Phi) is 0.795. The van der Waals surface area contributed by atoms with Crippen LogP contribution < -0.4 is 4.74 Å². The van der Waals surface area contributed by atoms with Crippen molar-refractivity contribution < 1.29 is 14.6 Å². The Hall–Kier alpha value is -1.51. The number of carbonyl (C=O) groups excluding carboxylic acids is 1.